The van der Waals surface area contributed by atoms with Crippen LogP contribution in [-0.2, 0) is 6.61 Å². The first-order chi connectivity index (χ1) is 13.5. The summed E-state index contributed by atoms with van der Waals surface area (Å²) in [6.07, 6.45) is 3.60. The molecule has 5 nitrogen and oxygen atoms in total. The molecule has 1 saturated heterocycles. The second-order valence-electron chi connectivity index (χ2n) is 7.42. The molecular weight excluding hydrogens is 394 g/mol. The number of carbonyl (C=O) groups is 1. The van der Waals surface area contributed by atoms with Crippen molar-refractivity contribution in [2.45, 2.75) is 39.7 Å². The Kier molecular flexibility index (Phi) is 7.71. The number of piperidine rings is 1. The molecule has 1 amide bonds. The van der Waals surface area contributed by atoms with Crippen LogP contribution in [0.1, 0.15) is 46.6 Å². The van der Waals surface area contributed by atoms with Crippen molar-refractivity contribution in [3.63, 3.8) is 0 Å². The topological polar surface area (TPSA) is 54.5 Å². The number of hydrogen-bond acceptors (Lipinski definition) is 5. The van der Waals surface area contributed by atoms with Crippen molar-refractivity contribution < 1.29 is 9.53 Å². The summed E-state index contributed by atoms with van der Waals surface area (Å²) in [4.78, 5) is 20.1. The van der Waals surface area contributed by atoms with Crippen LogP contribution in [-0.4, -0.2) is 42.0 Å². The highest BCUT2D eigenvalue weighted by Gasteiger charge is 2.17. The van der Waals surface area contributed by atoms with Gasteiger partial charge in [0.25, 0.3) is 5.91 Å². The number of likely N-dealkylation sites (tertiary alicyclic amines) is 1. The fourth-order valence-electron chi connectivity index (χ4n) is 3.48. The van der Waals surface area contributed by atoms with Gasteiger partial charge in [-0.2, -0.15) is 0 Å². The lowest BCUT2D eigenvalue weighted by Crippen LogP contribution is -2.36. The number of ether oxygens (including phenoxy) is 1. The SMILES string of the molecule is Cc1nc(COc2ccc(Cl)cc2)sc1C(=O)NCCCN1CCCC(C)C1. The average Bonchev–Trinajstić information content (AvgIpc) is 3.05. The van der Waals surface area contributed by atoms with E-state index in [1.165, 1.54) is 37.3 Å². The molecule has 2 heterocycles. The minimum atomic E-state index is -0.0419. The third kappa shape index (κ3) is 6.19. The molecule has 1 fully saturated rings. The van der Waals surface area contributed by atoms with E-state index in [0.717, 1.165) is 35.3 Å². The number of amides is 1. The van der Waals surface area contributed by atoms with Gasteiger partial charge in [-0.3, -0.25) is 4.79 Å². The molecule has 1 atom stereocenters. The van der Waals surface area contributed by atoms with Crippen LogP contribution in [0.15, 0.2) is 24.3 Å². The summed E-state index contributed by atoms with van der Waals surface area (Å²) in [6.45, 7) is 8.63. The van der Waals surface area contributed by atoms with Crippen molar-refractivity contribution in [1.29, 1.82) is 0 Å². The second kappa shape index (κ2) is 10.2. The maximum absolute atomic E-state index is 12.5. The highest BCUT2D eigenvalue weighted by atomic mass is 35.5. The second-order valence-corrected chi connectivity index (χ2v) is 8.94. The van der Waals surface area contributed by atoms with E-state index in [1.807, 2.05) is 19.1 Å². The van der Waals surface area contributed by atoms with Crippen LogP contribution in [0, 0.1) is 12.8 Å². The van der Waals surface area contributed by atoms with E-state index in [2.05, 4.69) is 22.1 Å². The fourth-order valence-corrected chi connectivity index (χ4v) is 4.50. The van der Waals surface area contributed by atoms with Crippen molar-refractivity contribution in [2.24, 2.45) is 5.92 Å². The van der Waals surface area contributed by atoms with Gasteiger partial charge in [-0.1, -0.05) is 18.5 Å². The number of rotatable bonds is 8. The number of thiazole rings is 1. The molecule has 0 saturated carbocycles. The molecule has 3 rings (SSSR count). The molecule has 1 aromatic heterocycles. The summed E-state index contributed by atoms with van der Waals surface area (Å²) in [5.41, 5.74) is 0.752. The summed E-state index contributed by atoms with van der Waals surface area (Å²) in [6, 6.07) is 7.21. The Morgan fingerprint density at radius 1 is 1.39 bits per heavy atom. The number of benzene rings is 1. The Morgan fingerprint density at radius 2 is 2.18 bits per heavy atom. The van der Waals surface area contributed by atoms with Crippen molar-refractivity contribution in [2.75, 3.05) is 26.2 Å². The van der Waals surface area contributed by atoms with Gasteiger partial charge in [0, 0.05) is 18.1 Å². The van der Waals surface area contributed by atoms with Gasteiger partial charge in [0.2, 0.25) is 0 Å². The number of halogens is 1. The molecule has 0 bridgehead atoms. The molecule has 28 heavy (non-hydrogen) atoms. The van der Waals surface area contributed by atoms with E-state index >= 15 is 0 Å². The molecular formula is C21H28ClN3O2S. The summed E-state index contributed by atoms with van der Waals surface area (Å²) < 4.78 is 5.72. The van der Waals surface area contributed by atoms with E-state index in [-0.39, 0.29) is 5.91 Å². The van der Waals surface area contributed by atoms with E-state index in [1.54, 1.807) is 12.1 Å². The highest BCUT2D eigenvalue weighted by molar-refractivity contribution is 7.13. The maximum Gasteiger partial charge on any atom is 0.263 e. The smallest absolute Gasteiger partial charge is 0.263 e. The molecule has 152 valence electrons. The molecule has 7 heteroatoms. The van der Waals surface area contributed by atoms with Crippen LogP contribution < -0.4 is 10.1 Å². The normalized spacial score (nSPS) is 17.5. The minimum absolute atomic E-state index is 0.0419. The highest BCUT2D eigenvalue weighted by Crippen LogP contribution is 2.21. The number of hydrogen-bond donors (Lipinski definition) is 1. The van der Waals surface area contributed by atoms with Gasteiger partial charge in [-0.05, 0) is 69.5 Å². The van der Waals surface area contributed by atoms with Crippen LogP contribution >= 0.6 is 22.9 Å². The minimum Gasteiger partial charge on any atom is -0.486 e. The lowest BCUT2D eigenvalue weighted by atomic mass is 10.0. The standard InChI is InChI=1S/C21H28ClN3O2S/c1-15-5-3-11-25(13-15)12-4-10-23-21(26)20-16(2)24-19(28-20)14-27-18-8-6-17(22)7-9-18/h6-9,15H,3-5,10-14H2,1-2H3,(H,23,26). The quantitative estimate of drug-likeness (QED) is 0.636. The van der Waals surface area contributed by atoms with E-state index in [0.29, 0.717) is 23.1 Å². The van der Waals surface area contributed by atoms with Crippen LogP contribution in [0.3, 0.4) is 0 Å². The summed E-state index contributed by atoms with van der Waals surface area (Å²) in [5, 5.41) is 4.50. The first kappa shape index (κ1) is 21.1. The number of aryl methyl sites for hydroxylation is 1. The summed E-state index contributed by atoms with van der Waals surface area (Å²) in [7, 11) is 0. The lowest BCUT2D eigenvalue weighted by molar-refractivity contribution is 0.0953. The Hall–Kier alpha value is -1.63. The maximum atomic E-state index is 12.5. The third-order valence-corrected chi connectivity index (χ3v) is 6.28. The molecule has 0 aliphatic carbocycles. The monoisotopic (exact) mass is 421 g/mol. The van der Waals surface area contributed by atoms with Gasteiger partial charge < -0.3 is 15.0 Å². The Morgan fingerprint density at radius 3 is 2.93 bits per heavy atom. The van der Waals surface area contributed by atoms with E-state index < -0.39 is 0 Å². The van der Waals surface area contributed by atoms with E-state index in [9.17, 15) is 4.79 Å². The molecule has 1 aromatic carbocycles. The van der Waals surface area contributed by atoms with Gasteiger partial charge in [0.15, 0.2) is 0 Å². The fraction of sp³-hybridized carbons (Fsp3) is 0.524. The Bertz CT molecular complexity index is 778. The summed E-state index contributed by atoms with van der Waals surface area (Å²) in [5.74, 6) is 1.48. The van der Waals surface area contributed by atoms with Crippen molar-refractivity contribution in [1.82, 2.24) is 15.2 Å². The number of aromatic nitrogens is 1. The zero-order valence-corrected chi connectivity index (χ0v) is 18.1. The van der Waals surface area contributed by atoms with Gasteiger partial charge in [0.05, 0.1) is 5.69 Å². The Labute approximate surface area is 176 Å². The number of nitrogens with zero attached hydrogens (tertiary/aromatic N) is 2. The van der Waals surface area contributed by atoms with E-state index in [4.69, 9.17) is 16.3 Å². The zero-order chi connectivity index (χ0) is 19.9. The van der Waals surface area contributed by atoms with Gasteiger partial charge in [-0.15, -0.1) is 11.3 Å². The van der Waals surface area contributed by atoms with Crippen molar-refractivity contribution >= 4 is 28.8 Å². The molecule has 1 unspecified atom stereocenters. The first-order valence-corrected chi connectivity index (χ1v) is 11.1. The summed E-state index contributed by atoms with van der Waals surface area (Å²) >= 11 is 7.27. The average molecular weight is 422 g/mol. The van der Waals surface area contributed by atoms with Crippen LogP contribution in [0.25, 0.3) is 0 Å². The first-order valence-electron chi connectivity index (χ1n) is 9.86. The molecule has 2 aromatic rings. The molecule has 0 spiro atoms. The van der Waals surface area contributed by atoms with Gasteiger partial charge >= 0.3 is 0 Å². The lowest BCUT2D eigenvalue weighted by Gasteiger charge is -2.30. The van der Waals surface area contributed by atoms with Crippen LogP contribution in [0.5, 0.6) is 5.75 Å². The molecule has 1 aliphatic heterocycles. The molecule has 1 aliphatic rings. The number of nitrogens with one attached hydrogen (secondary N) is 1. The third-order valence-electron chi connectivity index (χ3n) is 4.90. The predicted octanol–water partition coefficient (Wildman–Crippen LogP) is 4.54. The Balaban J connectivity index is 1.42. The van der Waals surface area contributed by atoms with Crippen LogP contribution in [0.2, 0.25) is 5.02 Å². The largest absolute Gasteiger partial charge is 0.486 e. The molecule has 1 N–H and O–H groups in total. The van der Waals surface area contributed by atoms with Crippen LogP contribution in [0.4, 0.5) is 0 Å². The van der Waals surface area contributed by atoms with Crippen molar-refractivity contribution in [3.05, 3.63) is 44.9 Å². The van der Waals surface area contributed by atoms with Gasteiger partial charge in [0.1, 0.15) is 22.2 Å². The van der Waals surface area contributed by atoms with Gasteiger partial charge in [-0.25, -0.2) is 4.98 Å². The molecule has 0 radical (unpaired) electrons. The number of carbonyl (C=O) groups excluding carboxylic acids is 1. The predicted molar refractivity (Wildman–Crippen MR) is 114 cm³/mol. The van der Waals surface area contributed by atoms with Crippen molar-refractivity contribution in [3.8, 4) is 5.75 Å². The zero-order valence-electron chi connectivity index (χ0n) is 16.5.